The number of benzene rings is 1. The summed E-state index contributed by atoms with van der Waals surface area (Å²) in [4.78, 5) is 16.4. The van der Waals surface area contributed by atoms with Crippen molar-refractivity contribution in [3.8, 4) is 6.07 Å². The highest BCUT2D eigenvalue weighted by Crippen LogP contribution is 2.41. The zero-order valence-electron chi connectivity index (χ0n) is 13.5. The quantitative estimate of drug-likeness (QED) is 0.904. The minimum absolute atomic E-state index is 0.0888. The van der Waals surface area contributed by atoms with Crippen molar-refractivity contribution in [1.29, 1.82) is 5.26 Å². The minimum atomic E-state index is -0.495. The molecule has 2 fully saturated rings. The number of aliphatic hydroxyl groups excluding tert-OH is 1. The Bertz CT molecular complexity index is 698. The van der Waals surface area contributed by atoms with Crippen molar-refractivity contribution in [3.05, 3.63) is 28.3 Å². The second-order valence-corrected chi connectivity index (χ2v) is 6.99. The number of fused-ring (bicyclic) bond motifs is 1. The lowest BCUT2D eigenvalue weighted by Gasteiger charge is -2.31. The van der Waals surface area contributed by atoms with Crippen LogP contribution >= 0.6 is 11.6 Å². The van der Waals surface area contributed by atoms with Gasteiger partial charge < -0.3 is 10.0 Å². The summed E-state index contributed by atoms with van der Waals surface area (Å²) in [6.07, 6.45) is 0.131. The number of anilines is 1. The number of hydrogen-bond donors (Lipinski definition) is 1. The topological polar surface area (TPSA) is 67.6 Å². The van der Waals surface area contributed by atoms with Gasteiger partial charge in [0.25, 0.3) is 0 Å². The van der Waals surface area contributed by atoms with Crippen molar-refractivity contribution in [1.82, 2.24) is 4.90 Å². The van der Waals surface area contributed by atoms with Crippen molar-refractivity contribution < 1.29 is 9.90 Å². The molecule has 1 N–H and O–H groups in total. The molecule has 3 rings (SSSR count). The van der Waals surface area contributed by atoms with Crippen molar-refractivity contribution >= 4 is 23.3 Å². The molecule has 1 aromatic carbocycles. The summed E-state index contributed by atoms with van der Waals surface area (Å²) < 4.78 is 0. The summed E-state index contributed by atoms with van der Waals surface area (Å²) >= 11 is 6.28. The third-order valence-corrected chi connectivity index (χ3v) is 5.43. The van der Waals surface area contributed by atoms with Crippen LogP contribution < -0.4 is 4.90 Å². The monoisotopic (exact) mass is 333 g/mol. The van der Waals surface area contributed by atoms with Crippen molar-refractivity contribution in [2.45, 2.75) is 45.4 Å². The number of urea groups is 1. The lowest BCUT2D eigenvalue weighted by molar-refractivity contribution is 0.122. The first-order chi connectivity index (χ1) is 10.9. The molecule has 3 unspecified atom stereocenters. The Balaban J connectivity index is 2.10. The Morgan fingerprint density at radius 1 is 1.43 bits per heavy atom. The second kappa shape index (κ2) is 5.70. The SMILES string of the molecule is Cc1c(N2C(=O)N3CCC(O)C3C2C(C)C)ccc(C#N)c1Cl. The molecule has 122 valence electrons. The molecule has 0 spiro atoms. The smallest absolute Gasteiger partial charge is 0.325 e. The minimum Gasteiger partial charge on any atom is -0.391 e. The average molecular weight is 334 g/mol. The van der Waals surface area contributed by atoms with E-state index in [4.69, 9.17) is 16.9 Å². The molecular weight excluding hydrogens is 314 g/mol. The molecule has 5 nitrogen and oxygen atoms in total. The largest absolute Gasteiger partial charge is 0.391 e. The van der Waals surface area contributed by atoms with Crippen LogP contribution in [0.15, 0.2) is 12.1 Å². The molecule has 1 aromatic rings. The van der Waals surface area contributed by atoms with Crippen LogP contribution in [-0.4, -0.2) is 40.8 Å². The second-order valence-electron chi connectivity index (χ2n) is 6.61. The van der Waals surface area contributed by atoms with E-state index in [-0.39, 0.29) is 24.0 Å². The lowest BCUT2D eigenvalue weighted by Crippen LogP contribution is -2.45. The zero-order valence-corrected chi connectivity index (χ0v) is 14.2. The first kappa shape index (κ1) is 16.1. The van der Waals surface area contributed by atoms with Gasteiger partial charge in [-0.3, -0.25) is 4.90 Å². The third-order valence-electron chi connectivity index (χ3n) is 4.94. The summed E-state index contributed by atoms with van der Waals surface area (Å²) in [5, 5.41) is 19.8. The van der Waals surface area contributed by atoms with Gasteiger partial charge in [0.2, 0.25) is 0 Å². The van der Waals surface area contributed by atoms with Gasteiger partial charge >= 0.3 is 6.03 Å². The zero-order chi connectivity index (χ0) is 16.9. The van der Waals surface area contributed by atoms with Gasteiger partial charge in [-0.15, -0.1) is 0 Å². The maximum absolute atomic E-state index is 12.9. The number of amides is 2. The van der Waals surface area contributed by atoms with E-state index in [2.05, 4.69) is 19.9 Å². The highest BCUT2D eigenvalue weighted by atomic mass is 35.5. The van der Waals surface area contributed by atoms with Crippen LogP contribution in [0.2, 0.25) is 5.02 Å². The summed E-state index contributed by atoms with van der Waals surface area (Å²) in [5.41, 5.74) is 1.85. The van der Waals surface area contributed by atoms with Gasteiger partial charge in [0.05, 0.1) is 34.5 Å². The van der Waals surface area contributed by atoms with E-state index >= 15 is 0 Å². The molecule has 6 heteroatoms. The van der Waals surface area contributed by atoms with Gasteiger partial charge in [-0.1, -0.05) is 25.4 Å². The summed E-state index contributed by atoms with van der Waals surface area (Å²) in [6.45, 7) is 6.51. The number of aliphatic hydroxyl groups is 1. The molecule has 0 radical (unpaired) electrons. The van der Waals surface area contributed by atoms with E-state index in [1.165, 1.54) is 0 Å². The first-order valence-electron chi connectivity index (χ1n) is 7.85. The van der Waals surface area contributed by atoms with E-state index in [9.17, 15) is 9.90 Å². The fourth-order valence-electron chi connectivity index (χ4n) is 3.83. The molecule has 0 aromatic heterocycles. The van der Waals surface area contributed by atoms with Crippen molar-refractivity contribution in [2.75, 3.05) is 11.4 Å². The Hall–Kier alpha value is -1.77. The standard InChI is InChI=1S/C17H20ClN3O2/c1-9(2)15-16-13(22)6-7-20(16)17(23)21(15)12-5-4-11(8-19)14(18)10(12)3/h4-5,9,13,15-16,22H,6-7H2,1-3H3. The van der Waals surface area contributed by atoms with Gasteiger partial charge in [0.15, 0.2) is 0 Å². The molecule has 23 heavy (non-hydrogen) atoms. The van der Waals surface area contributed by atoms with Crippen LogP contribution in [0.1, 0.15) is 31.4 Å². The molecular formula is C17H20ClN3O2. The highest BCUT2D eigenvalue weighted by Gasteiger charge is 2.53. The highest BCUT2D eigenvalue weighted by molar-refractivity contribution is 6.33. The lowest BCUT2D eigenvalue weighted by atomic mass is 9.92. The Labute approximate surface area is 141 Å². The number of carbonyl (C=O) groups is 1. The molecule has 2 aliphatic rings. The predicted molar refractivity (Wildman–Crippen MR) is 88.5 cm³/mol. The van der Waals surface area contributed by atoms with Gasteiger partial charge in [-0.2, -0.15) is 5.26 Å². The van der Waals surface area contributed by atoms with Crippen molar-refractivity contribution in [3.63, 3.8) is 0 Å². The molecule has 0 bridgehead atoms. The summed E-state index contributed by atoms with van der Waals surface area (Å²) in [6, 6.07) is 5.11. The van der Waals surface area contributed by atoms with Crippen LogP contribution in [0.5, 0.6) is 0 Å². The number of halogens is 1. The maximum Gasteiger partial charge on any atom is 0.325 e. The fourth-order valence-corrected chi connectivity index (χ4v) is 4.03. The van der Waals surface area contributed by atoms with E-state index < -0.39 is 6.10 Å². The van der Waals surface area contributed by atoms with Crippen LogP contribution in [0, 0.1) is 24.2 Å². The van der Waals surface area contributed by atoms with Gasteiger partial charge in [0.1, 0.15) is 6.07 Å². The molecule has 3 atom stereocenters. The van der Waals surface area contributed by atoms with Crippen LogP contribution in [0.3, 0.4) is 0 Å². The molecule has 2 aliphatic heterocycles. The van der Waals surface area contributed by atoms with Gasteiger partial charge in [-0.05, 0) is 37.0 Å². The molecule has 2 heterocycles. The van der Waals surface area contributed by atoms with Gasteiger partial charge in [-0.25, -0.2) is 4.79 Å². The number of nitriles is 1. The third kappa shape index (κ3) is 2.29. The Morgan fingerprint density at radius 2 is 2.13 bits per heavy atom. The average Bonchev–Trinajstić information content (AvgIpc) is 3.01. The summed E-state index contributed by atoms with van der Waals surface area (Å²) in [7, 11) is 0. The number of hydrogen-bond acceptors (Lipinski definition) is 3. The van der Waals surface area contributed by atoms with Crippen molar-refractivity contribution in [2.24, 2.45) is 5.92 Å². The Kier molecular flexibility index (Phi) is 3.99. The first-order valence-corrected chi connectivity index (χ1v) is 8.23. The predicted octanol–water partition coefficient (Wildman–Crippen LogP) is 2.92. The summed E-state index contributed by atoms with van der Waals surface area (Å²) in [5.74, 6) is 0.190. The number of rotatable bonds is 2. The Morgan fingerprint density at radius 3 is 2.74 bits per heavy atom. The van der Waals surface area contributed by atoms with E-state index in [0.29, 0.717) is 23.6 Å². The van der Waals surface area contributed by atoms with Gasteiger partial charge in [0, 0.05) is 6.54 Å². The van der Waals surface area contributed by atoms with E-state index in [0.717, 1.165) is 11.3 Å². The van der Waals surface area contributed by atoms with Crippen LogP contribution in [0.25, 0.3) is 0 Å². The molecule has 2 amide bonds. The normalized spacial score (nSPS) is 26.8. The van der Waals surface area contributed by atoms with E-state index in [1.807, 2.05) is 6.92 Å². The molecule has 2 saturated heterocycles. The number of carbonyl (C=O) groups excluding carboxylic acids is 1. The fraction of sp³-hybridized carbons (Fsp3) is 0.529. The van der Waals surface area contributed by atoms with Crippen LogP contribution in [0.4, 0.5) is 10.5 Å². The number of nitrogens with zero attached hydrogens (tertiary/aromatic N) is 3. The maximum atomic E-state index is 12.9. The van der Waals surface area contributed by atoms with E-state index in [1.54, 1.807) is 21.9 Å². The van der Waals surface area contributed by atoms with Crippen LogP contribution in [-0.2, 0) is 0 Å². The molecule has 0 saturated carbocycles. The molecule has 0 aliphatic carbocycles.